The Labute approximate surface area is 272 Å². The van der Waals surface area contributed by atoms with Gasteiger partial charge in [-0.25, -0.2) is 0 Å². The highest BCUT2D eigenvalue weighted by Crippen LogP contribution is 2.44. The van der Waals surface area contributed by atoms with Crippen molar-refractivity contribution in [3.63, 3.8) is 0 Å². The van der Waals surface area contributed by atoms with E-state index in [1.165, 1.54) is 60.2 Å². The van der Waals surface area contributed by atoms with Crippen LogP contribution in [0.3, 0.4) is 0 Å². The van der Waals surface area contributed by atoms with Gasteiger partial charge in [-0.2, -0.15) is 0 Å². The molecule has 0 radical (unpaired) electrons. The summed E-state index contributed by atoms with van der Waals surface area (Å²) in [5.41, 5.74) is 9.64. The van der Waals surface area contributed by atoms with Crippen molar-refractivity contribution in [2.45, 2.75) is 0 Å². The number of benzene rings is 7. The Morgan fingerprint density at radius 3 is 0.913 bits per heavy atom. The molecule has 1 nitrogen and oxygen atoms in total. The largest absolute Gasteiger partial charge is 0.319 e. The van der Waals surface area contributed by atoms with Gasteiger partial charge in [0.15, 0.2) is 0 Å². The first-order valence-corrected chi connectivity index (χ1v) is 21.1. The standard InChI is InChI=1S/C43H38OP2/c1-45(2,3)36-26-22-32(23-27-36)30-14-18-34(19-15-30)42-38-10-6-8-12-40(38)43(41-13-9-7-11-39(41)42)35-20-16-31(17-21-35)33-24-28-37(29-25-33)46(4,5)44/h6-29H,1H2,2-5H3. The molecule has 7 aromatic rings. The molecule has 0 aromatic heterocycles. The zero-order chi connectivity index (χ0) is 32.1. The maximum absolute atomic E-state index is 12.5. The van der Waals surface area contributed by atoms with Crippen LogP contribution < -0.4 is 10.6 Å². The van der Waals surface area contributed by atoms with Crippen LogP contribution in [-0.4, -0.2) is 33.0 Å². The van der Waals surface area contributed by atoms with Crippen molar-refractivity contribution >= 4 is 52.5 Å². The molecule has 0 heterocycles. The first-order valence-electron chi connectivity index (χ1n) is 15.7. The van der Waals surface area contributed by atoms with Gasteiger partial charge in [0.25, 0.3) is 0 Å². The van der Waals surface area contributed by atoms with Gasteiger partial charge < -0.3 is 4.57 Å². The third-order valence-electron chi connectivity index (χ3n) is 9.00. The Morgan fingerprint density at radius 1 is 0.370 bits per heavy atom. The van der Waals surface area contributed by atoms with Crippen LogP contribution in [0.5, 0.6) is 0 Å². The molecule has 0 N–H and O–H groups in total. The maximum Gasteiger partial charge on any atom is 0.109 e. The number of fused-ring (bicyclic) bond motifs is 2. The molecule has 0 amide bonds. The van der Waals surface area contributed by atoms with Crippen molar-refractivity contribution in [2.75, 3.05) is 26.7 Å². The molecule has 3 heteroatoms. The van der Waals surface area contributed by atoms with Crippen LogP contribution in [0.15, 0.2) is 146 Å². The lowest BCUT2D eigenvalue weighted by Crippen LogP contribution is -2.01. The minimum Gasteiger partial charge on any atom is -0.319 e. The number of hydrogen-bond donors (Lipinski definition) is 0. The van der Waals surface area contributed by atoms with Crippen molar-refractivity contribution in [1.29, 1.82) is 0 Å². The summed E-state index contributed by atoms with van der Waals surface area (Å²) in [6.45, 7) is 6.86. The van der Waals surface area contributed by atoms with E-state index in [-0.39, 0.29) is 0 Å². The third kappa shape index (κ3) is 5.71. The Balaban J connectivity index is 1.31. The molecule has 0 unspecified atom stereocenters. The van der Waals surface area contributed by atoms with Gasteiger partial charge in [-0.3, -0.25) is 0 Å². The Kier molecular flexibility index (Phi) is 7.73. The van der Waals surface area contributed by atoms with Gasteiger partial charge in [0.05, 0.1) is 0 Å². The molecule has 0 bridgehead atoms. The van der Waals surface area contributed by atoms with Crippen LogP contribution in [0.2, 0.25) is 0 Å². The topological polar surface area (TPSA) is 17.1 Å². The normalized spacial score (nSPS) is 12.1. The minimum atomic E-state index is -2.28. The summed E-state index contributed by atoms with van der Waals surface area (Å²) in [4.78, 5) is 0. The van der Waals surface area contributed by atoms with E-state index in [9.17, 15) is 4.57 Å². The van der Waals surface area contributed by atoms with Crippen LogP contribution in [0.4, 0.5) is 0 Å². The van der Waals surface area contributed by atoms with Gasteiger partial charge in [-0.1, -0.05) is 159 Å². The molecule has 0 atom stereocenters. The van der Waals surface area contributed by atoms with E-state index >= 15 is 0 Å². The minimum absolute atomic E-state index is 0.911. The molecule has 7 rings (SSSR count). The molecule has 226 valence electrons. The molecule has 7 aromatic carbocycles. The lowest BCUT2D eigenvalue weighted by Gasteiger charge is -2.18. The molecule has 46 heavy (non-hydrogen) atoms. The zero-order valence-corrected chi connectivity index (χ0v) is 28.7. The molecule has 0 aliphatic heterocycles. The second kappa shape index (κ2) is 11.7. The van der Waals surface area contributed by atoms with Gasteiger partial charge in [0, 0.05) is 5.30 Å². The van der Waals surface area contributed by atoms with Crippen molar-refractivity contribution in [3.8, 4) is 44.5 Å². The van der Waals surface area contributed by atoms with Crippen molar-refractivity contribution in [3.05, 3.63) is 146 Å². The van der Waals surface area contributed by atoms with Crippen molar-refractivity contribution in [2.24, 2.45) is 0 Å². The van der Waals surface area contributed by atoms with E-state index in [1.54, 1.807) is 0 Å². The number of rotatable bonds is 6. The van der Waals surface area contributed by atoms with Crippen molar-refractivity contribution in [1.82, 2.24) is 0 Å². The third-order valence-corrected chi connectivity index (χ3v) is 12.2. The average molecular weight is 633 g/mol. The molecule has 0 saturated heterocycles. The second-order valence-electron chi connectivity index (χ2n) is 13.1. The molecule has 0 aliphatic carbocycles. The smallest absolute Gasteiger partial charge is 0.109 e. The fourth-order valence-electron chi connectivity index (χ4n) is 6.48. The van der Waals surface area contributed by atoms with E-state index < -0.39 is 14.0 Å². The Hall–Kier alpha value is -4.41. The molecular formula is C43H38OP2. The maximum atomic E-state index is 12.5. The summed E-state index contributed by atoms with van der Waals surface area (Å²) in [6.07, 6.45) is 4.39. The average Bonchev–Trinajstić information content (AvgIpc) is 3.07. The fourth-order valence-corrected chi connectivity index (χ4v) is 8.30. The molecule has 0 fully saturated rings. The van der Waals surface area contributed by atoms with Gasteiger partial charge in [-0.15, -0.1) is 0 Å². The summed E-state index contributed by atoms with van der Waals surface area (Å²) in [5, 5.41) is 7.24. The summed E-state index contributed by atoms with van der Waals surface area (Å²) in [5.74, 6) is 0. The van der Waals surface area contributed by atoms with Crippen LogP contribution >= 0.6 is 14.0 Å². The molecule has 0 aliphatic rings. The van der Waals surface area contributed by atoms with Crippen LogP contribution in [-0.2, 0) is 4.57 Å². The van der Waals surface area contributed by atoms with E-state index in [0.717, 1.165) is 16.4 Å². The summed E-state index contributed by atoms with van der Waals surface area (Å²) in [7, 11) is -2.28. The highest BCUT2D eigenvalue weighted by Gasteiger charge is 2.17. The van der Waals surface area contributed by atoms with Gasteiger partial charge in [0.1, 0.15) is 7.14 Å². The fraction of sp³-hybridized carbons (Fsp3) is 0.0930. The lowest BCUT2D eigenvalue weighted by atomic mass is 9.85. The van der Waals surface area contributed by atoms with Crippen LogP contribution in [0.25, 0.3) is 66.1 Å². The monoisotopic (exact) mass is 632 g/mol. The predicted octanol–water partition coefficient (Wildman–Crippen LogP) is 11.2. The van der Waals surface area contributed by atoms with Gasteiger partial charge in [0.2, 0.25) is 0 Å². The summed E-state index contributed by atoms with van der Waals surface area (Å²) >= 11 is 0. The molecular weight excluding hydrogens is 594 g/mol. The SMILES string of the molecule is C=P(C)(C)c1ccc(-c2ccc(-c3c4ccccc4c(-c4ccc(-c5ccc(P(C)(C)=O)cc5)cc4)c4ccccc34)cc2)cc1. The second-order valence-corrected chi connectivity index (χ2v) is 20.2. The van der Waals surface area contributed by atoms with Gasteiger partial charge in [-0.05, 0) is 98.0 Å². The first-order chi connectivity index (χ1) is 22.1. The van der Waals surface area contributed by atoms with Gasteiger partial charge >= 0.3 is 0 Å². The summed E-state index contributed by atoms with van der Waals surface area (Å²) < 4.78 is 12.5. The van der Waals surface area contributed by atoms with E-state index in [1.807, 2.05) is 25.5 Å². The highest BCUT2D eigenvalue weighted by atomic mass is 31.2. The quantitative estimate of drug-likeness (QED) is 0.132. The molecule has 0 saturated carbocycles. The zero-order valence-electron chi connectivity index (χ0n) is 26.9. The van der Waals surface area contributed by atoms with Crippen LogP contribution in [0.1, 0.15) is 0 Å². The van der Waals surface area contributed by atoms with Crippen molar-refractivity contribution < 1.29 is 4.57 Å². The van der Waals surface area contributed by atoms with Crippen LogP contribution in [0, 0.1) is 0 Å². The first kappa shape index (κ1) is 30.3. The summed E-state index contributed by atoms with van der Waals surface area (Å²) in [6, 6.07) is 52.6. The lowest BCUT2D eigenvalue weighted by molar-refractivity contribution is 0.588. The highest BCUT2D eigenvalue weighted by molar-refractivity contribution is 7.79. The molecule has 0 spiro atoms. The van der Waals surface area contributed by atoms with E-state index in [0.29, 0.717) is 0 Å². The predicted molar refractivity (Wildman–Crippen MR) is 208 cm³/mol. The Morgan fingerprint density at radius 2 is 0.630 bits per heavy atom. The van der Waals surface area contributed by atoms with E-state index in [2.05, 4.69) is 153 Å². The Bertz CT molecular complexity index is 2080. The van der Waals surface area contributed by atoms with E-state index in [4.69, 9.17) is 0 Å². The number of hydrogen-bond acceptors (Lipinski definition) is 1.